The quantitative estimate of drug-likeness (QED) is 0.798. The van der Waals surface area contributed by atoms with Crippen LogP contribution in [0.2, 0.25) is 0 Å². The highest BCUT2D eigenvalue weighted by Crippen LogP contribution is 2.39. The van der Waals surface area contributed by atoms with Crippen LogP contribution in [-0.4, -0.2) is 38.8 Å². The number of nitrogens with zero attached hydrogens (tertiary/aromatic N) is 1. The van der Waals surface area contributed by atoms with E-state index in [0.29, 0.717) is 25.4 Å². The highest BCUT2D eigenvalue weighted by atomic mass is 19.4. The molecule has 2 fully saturated rings. The molecule has 2 saturated heterocycles. The molecule has 0 amide bonds. The number of esters is 1. The van der Waals surface area contributed by atoms with Crippen molar-refractivity contribution in [2.75, 3.05) is 37.7 Å². The molecule has 1 atom stereocenters. The lowest BCUT2D eigenvalue weighted by atomic mass is 9.87. The van der Waals surface area contributed by atoms with Crippen molar-refractivity contribution in [1.29, 1.82) is 0 Å². The van der Waals surface area contributed by atoms with E-state index in [4.69, 9.17) is 4.74 Å². The van der Waals surface area contributed by atoms with Gasteiger partial charge in [0.15, 0.2) is 0 Å². The van der Waals surface area contributed by atoms with Gasteiger partial charge in [0.2, 0.25) is 0 Å². The van der Waals surface area contributed by atoms with Crippen LogP contribution in [0.25, 0.3) is 0 Å². The van der Waals surface area contributed by atoms with E-state index in [9.17, 15) is 18.0 Å². The van der Waals surface area contributed by atoms with E-state index in [1.807, 2.05) is 4.90 Å². The van der Waals surface area contributed by atoms with Gasteiger partial charge in [-0.05, 0) is 69.3 Å². The Bertz CT molecular complexity index is 657. The van der Waals surface area contributed by atoms with Crippen molar-refractivity contribution in [3.8, 4) is 0 Å². The van der Waals surface area contributed by atoms with Crippen molar-refractivity contribution in [3.63, 3.8) is 0 Å². The first kappa shape index (κ1) is 20.0. The van der Waals surface area contributed by atoms with Crippen LogP contribution in [0.15, 0.2) is 18.2 Å². The van der Waals surface area contributed by atoms with Gasteiger partial charge in [0.25, 0.3) is 0 Å². The minimum absolute atomic E-state index is 0.242. The molecule has 0 radical (unpaired) electrons. The number of ether oxygens (including phenoxy) is 1. The summed E-state index contributed by atoms with van der Waals surface area (Å²) in [4.78, 5) is 14.1. The number of halogens is 3. The number of piperidine rings is 2. The molecule has 2 aliphatic heterocycles. The van der Waals surface area contributed by atoms with Crippen LogP contribution in [0.3, 0.4) is 0 Å². The Morgan fingerprint density at radius 2 is 2.00 bits per heavy atom. The number of nitrogens with one attached hydrogen (secondary N) is 1. The lowest BCUT2D eigenvalue weighted by Gasteiger charge is -2.36. The number of carbonyl (C=O) groups excluding carboxylic acids is 1. The maximum absolute atomic E-state index is 13.3. The molecule has 7 heteroatoms. The molecule has 3 rings (SSSR count). The van der Waals surface area contributed by atoms with Gasteiger partial charge >= 0.3 is 12.1 Å². The van der Waals surface area contributed by atoms with Crippen molar-refractivity contribution in [2.45, 2.75) is 44.7 Å². The lowest BCUT2D eigenvalue weighted by molar-refractivity contribution is -0.148. The number of carbonyl (C=O) groups is 1. The second-order valence-electron chi connectivity index (χ2n) is 7.33. The zero-order chi connectivity index (χ0) is 19.4. The van der Waals surface area contributed by atoms with Gasteiger partial charge in [-0.3, -0.25) is 4.79 Å². The van der Waals surface area contributed by atoms with E-state index in [-0.39, 0.29) is 17.8 Å². The van der Waals surface area contributed by atoms with Gasteiger partial charge in [-0.25, -0.2) is 0 Å². The molecule has 0 aliphatic carbocycles. The third-order valence-electron chi connectivity index (χ3n) is 5.52. The number of benzene rings is 1. The SMILES string of the molecule is CCOC(=O)[C@@H]1CCCN(c2cc(C(F)(F)F)ccc2C2CCNCC2)C1. The molecule has 1 aromatic carbocycles. The topological polar surface area (TPSA) is 41.6 Å². The highest BCUT2D eigenvalue weighted by Gasteiger charge is 2.34. The number of anilines is 1. The summed E-state index contributed by atoms with van der Waals surface area (Å²) in [5, 5.41) is 3.30. The molecular formula is C20H27F3N2O2. The zero-order valence-corrected chi connectivity index (χ0v) is 15.6. The van der Waals surface area contributed by atoms with E-state index in [2.05, 4.69) is 5.32 Å². The minimum atomic E-state index is -4.38. The summed E-state index contributed by atoms with van der Waals surface area (Å²) >= 11 is 0. The van der Waals surface area contributed by atoms with Gasteiger partial charge in [-0.1, -0.05) is 6.07 Å². The second-order valence-corrected chi connectivity index (χ2v) is 7.33. The fourth-order valence-corrected chi connectivity index (χ4v) is 4.12. The van der Waals surface area contributed by atoms with Gasteiger partial charge in [0.1, 0.15) is 0 Å². The van der Waals surface area contributed by atoms with Crippen molar-refractivity contribution < 1.29 is 22.7 Å². The number of alkyl halides is 3. The third-order valence-corrected chi connectivity index (χ3v) is 5.52. The van der Waals surface area contributed by atoms with Crippen LogP contribution < -0.4 is 10.2 Å². The van der Waals surface area contributed by atoms with Crippen molar-refractivity contribution in [1.82, 2.24) is 5.32 Å². The fourth-order valence-electron chi connectivity index (χ4n) is 4.12. The summed E-state index contributed by atoms with van der Waals surface area (Å²) in [5.41, 5.74) is 0.966. The molecule has 0 bridgehead atoms. The van der Waals surface area contributed by atoms with Gasteiger partial charge in [0.05, 0.1) is 18.1 Å². The van der Waals surface area contributed by atoms with Crippen molar-refractivity contribution in [2.24, 2.45) is 5.92 Å². The summed E-state index contributed by atoms with van der Waals surface area (Å²) in [6.45, 7) is 4.90. The molecule has 0 aromatic heterocycles. The lowest BCUT2D eigenvalue weighted by Crippen LogP contribution is -2.40. The molecule has 2 aliphatic rings. The van der Waals surface area contributed by atoms with E-state index < -0.39 is 11.7 Å². The Hall–Kier alpha value is -1.76. The summed E-state index contributed by atoms with van der Waals surface area (Å²) in [7, 11) is 0. The van der Waals surface area contributed by atoms with Crippen molar-refractivity contribution >= 4 is 11.7 Å². The highest BCUT2D eigenvalue weighted by molar-refractivity contribution is 5.74. The van der Waals surface area contributed by atoms with Gasteiger partial charge in [-0.2, -0.15) is 13.2 Å². The second kappa shape index (κ2) is 8.50. The first-order valence-corrected chi connectivity index (χ1v) is 9.73. The maximum atomic E-state index is 13.3. The Kier molecular flexibility index (Phi) is 6.29. The zero-order valence-electron chi connectivity index (χ0n) is 15.6. The average molecular weight is 384 g/mol. The Labute approximate surface area is 158 Å². The summed E-state index contributed by atoms with van der Waals surface area (Å²) in [6.07, 6.45) is -1.07. The number of hydrogen-bond donors (Lipinski definition) is 1. The molecular weight excluding hydrogens is 357 g/mol. The predicted octanol–water partition coefficient (Wildman–Crippen LogP) is 3.95. The minimum Gasteiger partial charge on any atom is -0.466 e. The molecule has 27 heavy (non-hydrogen) atoms. The molecule has 2 heterocycles. The fraction of sp³-hybridized carbons (Fsp3) is 0.650. The smallest absolute Gasteiger partial charge is 0.416 e. The standard InChI is InChI=1S/C20H27F3N2O2/c1-2-27-19(26)15-4-3-11-25(13-15)18-12-16(20(21,22)23)5-6-17(18)14-7-9-24-10-8-14/h5-6,12,14-15,24H,2-4,7-11,13H2,1H3/t15-/m1/s1. The van der Waals surface area contributed by atoms with Crippen molar-refractivity contribution in [3.05, 3.63) is 29.3 Å². The molecule has 4 nitrogen and oxygen atoms in total. The Balaban J connectivity index is 1.91. The van der Waals surface area contributed by atoms with Crippen LogP contribution in [0.5, 0.6) is 0 Å². The summed E-state index contributed by atoms with van der Waals surface area (Å²) in [6, 6.07) is 4.10. The average Bonchev–Trinajstić information content (AvgIpc) is 2.68. The third kappa shape index (κ3) is 4.75. The monoisotopic (exact) mass is 384 g/mol. The van der Waals surface area contributed by atoms with Gasteiger partial charge < -0.3 is 15.0 Å². The summed E-state index contributed by atoms with van der Waals surface area (Å²) in [5.74, 6) is -0.293. The molecule has 150 valence electrons. The van der Waals surface area contributed by atoms with Crippen LogP contribution in [-0.2, 0) is 15.7 Å². The van der Waals surface area contributed by atoms with E-state index in [1.54, 1.807) is 13.0 Å². The van der Waals surface area contributed by atoms with Crippen LogP contribution in [0.1, 0.15) is 49.7 Å². The Morgan fingerprint density at radius 3 is 2.67 bits per heavy atom. The Morgan fingerprint density at radius 1 is 1.26 bits per heavy atom. The molecule has 1 aromatic rings. The van der Waals surface area contributed by atoms with Crippen LogP contribution in [0.4, 0.5) is 18.9 Å². The maximum Gasteiger partial charge on any atom is 0.416 e. The van der Waals surface area contributed by atoms with Gasteiger partial charge in [0, 0.05) is 18.8 Å². The van der Waals surface area contributed by atoms with E-state index in [1.165, 1.54) is 12.1 Å². The largest absolute Gasteiger partial charge is 0.466 e. The normalized spacial score (nSPS) is 21.9. The molecule has 0 spiro atoms. The van der Waals surface area contributed by atoms with E-state index >= 15 is 0 Å². The number of hydrogen-bond acceptors (Lipinski definition) is 4. The first-order chi connectivity index (χ1) is 12.9. The van der Waals surface area contributed by atoms with Crippen LogP contribution in [0, 0.1) is 5.92 Å². The molecule has 0 saturated carbocycles. The summed E-state index contributed by atoms with van der Waals surface area (Å²) < 4.78 is 45.1. The molecule has 0 unspecified atom stereocenters. The predicted molar refractivity (Wildman–Crippen MR) is 97.9 cm³/mol. The van der Waals surface area contributed by atoms with Crippen LogP contribution >= 0.6 is 0 Å². The molecule has 1 N–H and O–H groups in total. The van der Waals surface area contributed by atoms with Gasteiger partial charge in [-0.15, -0.1) is 0 Å². The number of rotatable bonds is 4. The first-order valence-electron chi connectivity index (χ1n) is 9.73. The van der Waals surface area contributed by atoms with E-state index in [0.717, 1.165) is 44.3 Å².